The molecule has 0 radical (unpaired) electrons. The summed E-state index contributed by atoms with van der Waals surface area (Å²) in [5, 5.41) is 5.55. The Balaban J connectivity index is 1.61. The first-order valence-electron chi connectivity index (χ1n) is 7.65. The number of anilines is 1. The van der Waals surface area contributed by atoms with Crippen molar-refractivity contribution >= 4 is 45.1 Å². The standard InChI is InChI=1S/C20H14ClNO2/c21-17-7-3-1-5-13(17)11-20(23)22-14-9-10-19-16(12-14)15-6-2-4-8-18(15)24-19/h1-10,12H,11H2,(H,22,23). The summed E-state index contributed by atoms with van der Waals surface area (Å²) in [6.45, 7) is 0. The lowest BCUT2D eigenvalue weighted by Gasteiger charge is -2.06. The van der Waals surface area contributed by atoms with E-state index in [-0.39, 0.29) is 12.3 Å². The number of amides is 1. The van der Waals surface area contributed by atoms with Crippen molar-refractivity contribution in [3.05, 3.63) is 77.3 Å². The molecule has 0 saturated carbocycles. The molecular formula is C20H14ClNO2. The number of carbonyl (C=O) groups is 1. The van der Waals surface area contributed by atoms with E-state index in [1.54, 1.807) is 6.07 Å². The Labute approximate surface area is 143 Å². The first-order chi connectivity index (χ1) is 11.7. The van der Waals surface area contributed by atoms with E-state index >= 15 is 0 Å². The Morgan fingerprint density at radius 3 is 2.54 bits per heavy atom. The molecule has 24 heavy (non-hydrogen) atoms. The van der Waals surface area contributed by atoms with Crippen molar-refractivity contribution in [1.29, 1.82) is 0 Å². The van der Waals surface area contributed by atoms with Crippen molar-refractivity contribution < 1.29 is 9.21 Å². The highest BCUT2D eigenvalue weighted by Crippen LogP contribution is 2.30. The highest BCUT2D eigenvalue weighted by atomic mass is 35.5. The number of benzene rings is 3. The molecule has 1 amide bonds. The van der Waals surface area contributed by atoms with Crippen LogP contribution in [0.1, 0.15) is 5.56 Å². The Morgan fingerprint density at radius 2 is 1.67 bits per heavy atom. The van der Waals surface area contributed by atoms with Crippen LogP contribution in [0.2, 0.25) is 5.02 Å². The molecule has 0 fully saturated rings. The Bertz CT molecular complexity index is 1050. The summed E-state index contributed by atoms with van der Waals surface area (Å²) in [6, 6.07) is 20.9. The summed E-state index contributed by atoms with van der Waals surface area (Å²) >= 11 is 6.11. The van der Waals surface area contributed by atoms with E-state index in [1.807, 2.05) is 60.7 Å². The lowest BCUT2D eigenvalue weighted by Crippen LogP contribution is -2.14. The number of fused-ring (bicyclic) bond motifs is 3. The third-order valence-electron chi connectivity index (χ3n) is 3.97. The van der Waals surface area contributed by atoms with Crippen molar-refractivity contribution in [2.75, 3.05) is 5.32 Å². The van der Waals surface area contributed by atoms with E-state index in [2.05, 4.69) is 5.32 Å². The van der Waals surface area contributed by atoms with Gasteiger partial charge in [0.15, 0.2) is 0 Å². The highest BCUT2D eigenvalue weighted by Gasteiger charge is 2.10. The normalized spacial score (nSPS) is 11.0. The Kier molecular flexibility index (Phi) is 3.71. The molecule has 4 heteroatoms. The SMILES string of the molecule is O=C(Cc1ccccc1Cl)Nc1ccc2oc3ccccc3c2c1. The maximum absolute atomic E-state index is 12.3. The lowest BCUT2D eigenvalue weighted by atomic mass is 10.1. The highest BCUT2D eigenvalue weighted by molar-refractivity contribution is 6.31. The van der Waals surface area contributed by atoms with Gasteiger partial charge >= 0.3 is 0 Å². The molecule has 0 aliphatic carbocycles. The third kappa shape index (κ3) is 2.74. The van der Waals surface area contributed by atoms with Crippen molar-refractivity contribution in [3.63, 3.8) is 0 Å². The minimum atomic E-state index is -0.102. The minimum absolute atomic E-state index is 0.102. The molecule has 0 aliphatic rings. The fourth-order valence-corrected chi connectivity index (χ4v) is 3.03. The second-order valence-corrected chi connectivity index (χ2v) is 6.03. The first kappa shape index (κ1) is 14.8. The van der Waals surface area contributed by atoms with E-state index in [0.717, 1.165) is 33.2 Å². The van der Waals surface area contributed by atoms with Crippen molar-refractivity contribution in [2.24, 2.45) is 0 Å². The summed E-state index contributed by atoms with van der Waals surface area (Å²) in [5.41, 5.74) is 3.20. The zero-order valence-corrected chi connectivity index (χ0v) is 13.5. The van der Waals surface area contributed by atoms with Crippen LogP contribution in [0.25, 0.3) is 21.9 Å². The van der Waals surface area contributed by atoms with Gasteiger partial charge in [-0.25, -0.2) is 0 Å². The zero-order chi connectivity index (χ0) is 16.5. The van der Waals surface area contributed by atoms with Crippen molar-refractivity contribution in [1.82, 2.24) is 0 Å². The first-order valence-corrected chi connectivity index (χ1v) is 8.03. The van der Waals surface area contributed by atoms with Crippen LogP contribution < -0.4 is 5.32 Å². The van der Waals surface area contributed by atoms with Crippen LogP contribution in [0, 0.1) is 0 Å². The molecule has 1 heterocycles. The van der Waals surface area contributed by atoms with Crippen LogP contribution in [0.4, 0.5) is 5.69 Å². The monoisotopic (exact) mass is 335 g/mol. The number of rotatable bonds is 3. The second-order valence-electron chi connectivity index (χ2n) is 5.63. The molecule has 0 unspecified atom stereocenters. The number of halogens is 1. The predicted octanol–water partition coefficient (Wildman–Crippen LogP) is 5.42. The fraction of sp³-hybridized carbons (Fsp3) is 0.0500. The summed E-state index contributed by atoms with van der Waals surface area (Å²) in [6.07, 6.45) is 0.240. The number of hydrogen-bond acceptors (Lipinski definition) is 2. The van der Waals surface area contributed by atoms with Crippen LogP contribution in [0.5, 0.6) is 0 Å². The molecular weight excluding hydrogens is 322 g/mol. The average molecular weight is 336 g/mol. The molecule has 0 spiro atoms. The summed E-state index contributed by atoms with van der Waals surface area (Å²) in [4.78, 5) is 12.3. The fourth-order valence-electron chi connectivity index (χ4n) is 2.82. The van der Waals surface area contributed by atoms with Gasteiger partial charge in [0.2, 0.25) is 5.91 Å². The van der Waals surface area contributed by atoms with Crippen LogP contribution in [-0.2, 0) is 11.2 Å². The minimum Gasteiger partial charge on any atom is -0.456 e. The quantitative estimate of drug-likeness (QED) is 0.543. The van der Waals surface area contributed by atoms with Gasteiger partial charge in [0.25, 0.3) is 0 Å². The molecule has 0 aliphatic heterocycles. The molecule has 0 atom stereocenters. The molecule has 0 bridgehead atoms. The smallest absolute Gasteiger partial charge is 0.228 e. The van der Waals surface area contributed by atoms with Crippen molar-refractivity contribution in [2.45, 2.75) is 6.42 Å². The summed E-state index contributed by atoms with van der Waals surface area (Å²) in [7, 11) is 0. The van der Waals surface area contributed by atoms with Gasteiger partial charge in [-0.2, -0.15) is 0 Å². The van der Waals surface area contributed by atoms with Gasteiger partial charge in [-0.05, 0) is 35.9 Å². The topological polar surface area (TPSA) is 42.2 Å². The van der Waals surface area contributed by atoms with E-state index < -0.39 is 0 Å². The number of nitrogens with one attached hydrogen (secondary N) is 1. The number of carbonyl (C=O) groups excluding carboxylic acids is 1. The summed E-state index contributed by atoms with van der Waals surface area (Å²) in [5.74, 6) is -0.102. The maximum atomic E-state index is 12.3. The van der Waals surface area contributed by atoms with Gasteiger partial charge in [-0.15, -0.1) is 0 Å². The van der Waals surface area contributed by atoms with Gasteiger partial charge in [0.1, 0.15) is 11.2 Å². The predicted molar refractivity (Wildman–Crippen MR) is 97.5 cm³/mol. The summed E-state index contributed by atoms with van der Waals surface area (Å²) < 4.78 is 5.79. The molecule has 0 saturated heterocycles. The number of hydrogen-bond donors (Lipinski definition) is 1. The van der Waals surface area contributed by atoms with Crippen LogP contribution >= 0.6 is 11.6 Å². The molecule has 3 aromatic carbocycles. The van der Waals surface area contributed by atoms with Gasteiger partial charge < -0.3 is 9.73 Å². The molecule has 1 N–H and O–H groups in total. The second kappa shape index (κ2) is 6.02. The molecule has 3 nitrogen and oxygen atoms in total. The zero-order valence-electron chi connectivity index (χ0n) is 12.8. The van der Waals surface area contributed by atoms with E-state index in [0.29, 0.717) is 5.02 Å². The van der Waals surface area contributed by atoms with Crippen LogP contribution in [0.3, 0.4) is 0 Å². The van der Waals surface area contributed by atoms with E-state index in [9.17, 15) is 4.79 Å². The van der Waals surface area contributed by atoms with Crippen molar-refractivity contribution in [3.8, 4) is 0 Å². The molecule has 4 aromatic rings. The average Bonchev–Trinajstić information content (AvgIpc) is 2.95. The van der Waals surface area contributed by atoms with Gasteiger partial charge in [0, 0.05) is 21.5 Å². The number of furan rings is 1. The molecule has 4 rings (SSSR count). The van der Waals surface area contributed by atoms with Crippen LogP contribution in [-0.4, -0.2) is 5.91 Å². The van der Waals surface area contributed by atoms with E-state index in [4.69, 9.17) is 16.0 Å². The lowest BCUT2D eigenvalue weighted by molar-refractivity contribution is -0.115. The van der Waals surface area contributed by atoms with E-state index in [1.165, 1.54) is 0 Å². The van der Waals surface area contributed by atoms with Gasteiger partial charge in [-0.3, -0.25) is 4.79 Å². The largest absolute Gasteiger partial charge is 0.456 e. The molecule has 1 aromatic heterocycles. The number of para-hydroxylation sites is 1. The van der Waals surface area contributed by atoms with Crippen LogP contribution in [0.15, 0.2) is 71.1 Å². The Morgan fingerprint density at radius 1 is 0.917 bits per heavy atom. The molecule has 118 valence electrons. The van der Waals surface area contributed by atoms with Gasteiger partial charge in [0.05, 0.1) is 6.42 Å². The maximum Gasteiger partial charge on any atom is 0.228 e. The Hall–Kier alpha value is -2.78. The van der Waals surface area contributed by atoms with Gasteiger partial charge in [-0.1, -0.05) is 48.0 Å². The third-order valence-corrected chi connectivity index (χ3v) is 4.34.